The Kier molecular flexibility index (Phi) is 1.76. The van der Waals surface area contributed by atoms with Crippen LogP contribution in [0.4, 0.5) is 5.69 Å². The van der Waals surface area contributed by atoms with E-state index in [-0.39, 0.29) is 0 Å². The molecule has 1 aromatic rings. The fourth-order valence-corrected chi connectivity index (χ4v) is 1.73. The minimum Gasteiger partial charge on any atom is -0.377 e. The van der Waals surface area contributed by atoms with Crippen molar-refractivity contribution in [1.82, 2.24) is 0 Å². The normalized spacial score (nSPS) is 9.67. The fourth-order valence-electron chi connectivity index (χ4n) is 0.812. The quantitative estimate of drug-likeness (QED) is 0.579. The van der Waals surface area contributed by atoms with Crippen molar-refractivity contribution in [3.63, 3.8) is 0 Å². The number of hydrogen-bond acceptors (Lipinski definition) is 2. The van der Waals surface area contributed by atoms with Crippen molar-refractivity contribution in [2.24, 2.45) is 0 Å². The fraction of sp³-hybridized carbons (Fsp3) is 0.429. The van der Waals surface area contributed by atoms with Gasteiger partial charge in [0.15, 0.2) is 0 Å². The average Bonchev–Trinajstić information content (AvgIpc) is 2.13. The van der Waals surface area contributed by atoms with Crippen LogP contribution in [0.1, 0.15) is 5.56 Å². The molecular weight excluding hydrogens is 130 g/mol. The number of thiophene rings is 1. The molecule has 0 aromatic carbocycles. The molecule has 0 radical (unpaired) electrons. The Hall–Kier alpha value is -0.500. The van der Waals surface area contributed by atoms with E-state index in [4.69, 9.17) is 0 Å². The predicted octanol–water partition coefficient (Wildman–Crippen LogP) is 2.12. The molecule has 0 saturated carbocycles. The van der Waals surface area contributed by atoms with Gasteiger partial charge in [-0.1, -0.05) is 0 Å². The van der Waals surface area contributed by atoms with Crippen molar-refractivity contribution in [2.75, 3.05) is 19.0 Å². The number of aryl methyl sites for hydroxylation is 1. The third-order valence-corrected chi connectivity index (χ3v) is 2.16. The maximum absolute atomic E-state index is 2.16. The minimum atomic E-state index is 1.33. The Bertz CT molecular complexity index is 191. The van der Waals surface area contributed by atoms with Crippen molar-refractivity contribution in [3.05, 3.63) is 16.3 Å². The van der Waals surface area contributed by atoms with Crippen LogP contribution in [0, 0.1) is 6.92 Å². The van der Waals surface area contributed by atoms with Crippen LogP contribution in [-0.4, -0.2) is 14.1 Å². The molecule has 1 nitrogen and oxygen atoms in total. The second-order valence-corrected chi connectivity index (χ2v) is 3.08. The number of nitrogens with zero attached hydrogens (tertiary/aromatic N) is 1. The summed E-state index contributed by atoms with van der Waals surface area (Å²) in [4.78, 5) is 2.13. The lowest BCUT2D eigenvalue weighted by Gasteiger charge is -2.10. The molecule has 0 amide bonds. The van der Waals surface area contributed by atoms with Gasteiger partial charge in [-0.3, -0.25) is 0 Å². The van der Waals surface area contributed by atoms with Gasteiger partial charge in [0.25, 0.3) is 0 Å². The molecule has 0 aliphatic heterocycles. The van der Waals surface area contributed by atoms with Gasteiger partial charge in [0.05, 0.1) is 0 Å². The molecule has 1 heterocycles. The summed E-state index contributed by atoms with van der Waals surface area (Å²) in [7, 11) is 4.13. The highest BCUT2D eigenvalue weighted by atomic mass is 32.1. The van der Waals surface area contributed by atoms with Crippen LogP contribution in [0.5, 0.6) is 0 Å². The SMILES string of the molecule is Cc1cscc1N(C)C. The van der Waals surface area contributed by atoms with E-state index < -0.39 is 0 Å². The third kappa shape index (κ3) is 1.24. The maximum Gasteiger partial charge on any atom is 0.0499 e. The number of hydrogen-bond donors (Lipinski definition) is 0. The lowest BCUT2D eigenvalue weighted by Crippen LogP contribution is -2.08. The Morgan fingerprint density at radius 1 is 1.33 bits per heavy atom. The molecule has 0 aliphatic rings. The van der Waals surface area contributed by atoms with Gasteiger partial charge in [-0.2, -0.15) is 0 Å². The van der Waals surface area contributed by atoms with Crippen LogP contribution < -0.4 is 4.90 Å². The lowest BCUT2D eigenvalue weighted by atomic mass is 10.3. The first-order valence-electron chi connectivity index (χ1n) is 2.92. The summed E-state index contributed by atoms with van der Waals surface area (Å²) in [6, 6.07) is 0. The summed E-state index contributed by atoms with van der Waals surface area (Å²) in [6.45, 7) is 2.13. The van der Waals surface area contributed by atoms with E-state index in [0.717, 1.165) is 0 Å². The van der Waals surface area contributed by atoms with Crippen molar-refractivity contribution in [3.8, 4) is 0 Å². The zero-order valence-electron chi connectivity index (χ0n) is 6.01. The van der Waals surface area contributed by atoms with E-state index in [0.29, 0.717) is 0 Å². The van der Waals surface area contributed by atoms with Crippen molar-refractivity contribution >= 4 is 17.0 Å². The summed E-state index contributed by atoms with van der Waals surface area (Å²) in [6.07, 6.45) is 0. The molecule has 2 heteroatoms. The van der Waals surface area contributed by atoms with Crippen molar-refractivity contribution in [1.29, 1.82) is 0 Å². The highest BCUT2D eigenvalue weighted by Gasteiger charge is 1.98. The lowest BCUT2D eigenvalue weighted by molar-refractivity contribution is 1.13. The molecule has 0 saturated heterocycles. The van der Waals surface area contributed by atoms with Crippen molar-refractivity contribution in [2.45, 2.75) is 6.92 Å². The molecule has 50 valence electrons. The summed E-state index contributed by atoms with van der Waals surface area (Å²) >= 11 is 1.75. The maximum atomic E-state index is 2.16. The molecule has 0 fully saturated rings. The second-order valence-electron chi connectivity index (χ2n) is 2.33. The van der Waals surface area contributed by atoms with E-state index >= 15 is 0 Å². The predicted molar refractivity (Wildman–Crippen MR) is 43.4 cm³/mol. The van der Waals surface area contributed by atoms with E-state index in [1.54, 1.807) is 11.3 Å². The highest BCUT2D eigenvalue weighted by Crippen LogP contribution is 2.21. The average molecular weight is 141 g/mol. The molecule has 0 unspecified atom stereocenters. The Morgan fingerprint density at radius 2 is 2.00 bits per heavy atom. The first-order valence-corrected chi connectivity index (χ1v) is 3.86. The van der Waals surface area contributed by atoms with Gasteiger partial charge in [0.2, 0.25) is 0 Å². The van der Waals surface area contributed by atoms with E-state index in [1.807, 2.05) is 0 Å². The topological polar surface area (TPSA) is 3.24 Å². The number of anilines is 1. The largest absolute Gasteiger partial charge is 0.377 e. The summed E-state index contributed by atoms with van der Waals surface area (Å²) in [5.41, 5.74) is 2.70. The molecule has 0 spiro atoms. The van der Waals surface area contributed by atoms with E-state index in [2.05, 4.69) is 36.7 Å². The van der Waals surface area contributed by atoms with Crippen molar-refractivity contribution < 1.29 is 0 Å². The minimum absolute atomic E-state index is 1.33. The van der Waals surface area contributed by atoms with Crippen LogP contribution >= 0.6 is 11.3 Å². The van der Waals surface area contributed by atoms with E-state index in [1.165, 1.54) is 11.3 Å². The Morgan fingerprint density at radius 3 is 2.22 bits per heavy atom. The van der Waals surface area contributed by atoms with E-state index in [9.17, 15) is 0 Å². The molecule has 0 aliphatic carbocycles. The highest BCUT2D eigenvalue weighted by molar-refractivity contribution is 7.08. The molecular formula is C7H11NS. The summed E-state index contributed by atoms with van der Waals surface area (Å²) < 4.78 is 0. The molecule has 0 bridgehead atoms. The van der Waals surface area contributed by atoms with Gasteiger partial charge in [-0.05, 0) is 17.9 Å². The summed E-state index contributed by atoms with van der Waals surface area (Å²) in [5, 5.41) is 4.32. The first kappa shape index (κ1) is 6.62. The Labute approximate surface area is 59.9 Å². The second kappa shape index (κ2) is 2.40. The van der Waals surface area contributed by atoms with Crippen LogP contribution in [0.15, 0.2) is 10.8 Å². The van der Waals surface area contributed by atoms with Gasteiger partial charge < -0.3 is 4.90 Å². The monoisotopic (exact) mass is 141 g/mol. The standard InChI is InChI=1S/C7H11NS/c1-6-4-9-5-7(6)8(2)3/h4-5H,1-3H3. The first-order chi connectivity index (χ1) is 4.22. The van der Waals surface area contributed by atoms with Crippen LogP contribution in [0.25, 0.3) is 0 Å². The third-order valence-electron chi connectivity index (χ3n) is 1.31. The van der Waals surface area contributed by atoms with Gasteiger partial charge in [-0.25, -0.2) is 0 Å². The molecule has 1 rings (SSSR count). The van der Waals surface area contributed by atoms with Gasteiger partial charge in [0, 0.05) is 25.2 Å². The smallest absolute Gasteiger partial charge is 0.0499 e. The molecule has 0 N–H and O–H groups in total. The zero-order valence-corrected chi connectivity index (χ0v) is 6.83. The van der Waals surface area contributed by atoms with Gasteiger partial charge in [-0.15, -0.1) is 11.3 Å². The Balaban J connectivity index is 2.94. The molecule has 0 atom stereocenters. The number of rotatable bonds is 1. The van der Waals surface area contributed by atoms with Gasteiger partial charge >= 0.3 is 0 Å². The van der Waals surface area contributed by atoms with Gasteiger partial charge in [0.1, 0.15) is 0 Å². The zero-order chi connectivity index (χ0) is 6.85. The molecule has 1 aromatic heterocycles. The molecule has 9 heavy (non-hydrogen) atoms. The van der Waals surface area contributed by atoms with Crippen LogP contribution in [0.3, 0.4) is 0 Å². The van der Waals surface area contributed by atoms with Crippen LogP contribution in [0.2, 0.25) is 0 Å². The summed E-state index contributed by atoms with van der Waals surface area (Å²) in [5.74, 6) is 0. The van der Waals surface area contributed by atoms with Crippen LogP contribution in [-0.2, 0) is 0 Å².